The molecule has 0 spiro atoms. The minimum absolute atomic E-state index is 0.114. The molecule has 5 nitrogen and oxygen atoms in total. The second kappa shape index (κ2) is 8.63. The van der Waals surface area contributed by atoms with Gasteiger partial charge in [-0.05, 0) is 30.0 Å². The maximum absolute atomic E-state index is 5.79. The summed E-state index contributed by atoms with van der Waals surface area (Å²) >= 11 is 0. The average molecular weight is 307 g/mol. The Bertz CT molecular complexity index is 481. The van der Waals surface area contributed by atoms with Crippen LogP contribution in [0.1, 0.15) is 33.3 Å². The van der Waals surface area contributed by atoms with Crippen molar-refractivity contribution in [3.63, 3.8) is 0 Å². The number of nitrogens with zero attached hydrogens (tertiary/aromatic N) is 1. The standard InChI is InChI=1S/C17H29N3O2/c1-13(12-21-5)20-16(18)19-9-10-22-15-8-6-7-14(11-15)17(2,3)4/h6-8,11,13H,9-10,12H2,1-5H3,(H3,18,19,20). The van der Waals surface area contributed by atoms with Gasteiger partial charge in [-0.25, -0.2) is 4.99 Å². The van der Waals surface area contributed by atoms with E-state index in [2.05, 4.69) is 43.2 Å². The smallest absolute Gasteiger partial charge is 0.188 e. The molecule has 0 bridgehead atoms. The van der Waals surface area contributed by atoms with Crippen LogP contribution in [0.4, 0.5) is 0 Å². The molecule has 1 atom stereocenters. The Balaban J connectivity index is 2.41. The molecular weight excluding hydrogens is 278 g/mol. The molecule has 0 heterocycles. The van der Waals surface area contributed by atoms with E-state index >= 15 is 0 Å². The normalized spacial score (nSPS) is 13.8. The fraction of sp³-hybridized carbons (Fsp3) is 0.588. The summed E-state index contributed by atoms with van der Waals surface area (Å²) in [6.45, 7) is 10.1. The molecule has 1 aromatic carbocycles. The van der Waals surface area contributed by atoms with Crippen LogP contribution < -0.4 is 15.8 Å². The molecule has 0 aliphatic heterocycles. The molecular formula is C17H29N3O2. The highest BCUT2D eigenvalue weighted by atomic mass is 16.5. The number of hydrogen-bond donors (Lipinski definition) is 2. The Morgan fingerprint density at radius 2 is 2.09 bits per heavy atom. The monoisotopic (exact) mass is 307 g/mol. The third-order valence-corrected chi connectivity index (χ3v) is 3.15. The molecule has 1 unspecified atom stereocenters. The summed E-state index contributed by atoms with van der Waals surface area (Å²) in [4.78, 5) is 4.24. The molecule has 0 aliphatic carbocycles. The van der Waals surface area contributed by atoms with Gasteiger partial charge in [0.05, 0.1) is 13.2 Å². The summed E-state index contributed by atoms with van der Waals surface area (Å²) in [6, 6.07) is 8.30. The highest BCUT2D eigenvalue weighted by Crippen LogP contribution is 2.25. The number of methoxy groups -OCH3 is 1. The van der Waals surface area contributed by atoms with Gasteiger partial charge in [-0.2, -0.15) is 0 Å². The maximum atomic E-state index is 5.79. The Morgan fingerprint density at radius 1 is 1.36 bits per heavy atom. The molecule has 5 heteroatoms. The van der Waals surface area contributed by atoms with Crippen molar-refractivity contribution in [1.82, 2.24) is 5.32 Å². The van der Waals surface area contributed by atoms with Gasteiger partial charge in [0.25, 0.3) is 0 Å². The summed E-state index contributed by atoms with van der Waals surface area (Å²) in [5, 5.41) is 3.06. The molecule has 124 valence electrons. The number of aliphatic imine (C=N–C) groups is 1. The van der Waals surface area contributed by atoms with Gasteiger partial charge in [-0.3, -0.25) is 0 Å². The van der Waals surface area contributed by atoms with E-state index in [1.807, 2.05) is 19.1 Å². The minimum atomic E-state index is 0.114. The first kappa shape index (κ1) is 18.3. The molecule has 1 aromatic rings. The third-order valence-electron chi connectivity index (χ3n) is 3.15. The van der Waals surface area contributed by atoms with Gasteiger partial charge >= 0.3 is 0 Å². The molecule has 3 N–H and O–H groups in total. The predicted molar refractivity (Wildman–Crippen MR) is 91.6 cm³/mol. The van der Waals surface area contributed by atoms with Crippen molar-refractivity contribution in [2.75, 3.05) is 26.9 Å². The van der Waals surface area contributed by atoms with Crippen molar-refractivity contribution >= 4 is 5.96 Å². The van der Waals surface area contributed by atoms with Crippen LogP contribution in [-0.4, -0.2) is 38.9 Å². The Hall–Kier alpha value is -1.75. The highest BCUT2D eigenvalue weighted by molar-refractivity contribution is 5.78. The zero-order chi connectivity index (χ0) is 16.6. The van der Waals surface area contributed by atoms with Crippen LogP contribution in [0, 0.1) is 0 Å². The number of benzene rings is 1. The lowest BCUT2D eigenvalue weighted by Gasteiger charge is -2.19. The molecule has 0 aliphatic rings. The number of nitrogens with two attached hydrogens (primary N) is 1. The van der Waals surface area contributed by atoms with Crippen LogP contribution in [0.2, 0.25) is 0 Å². The van der Waals surface area contributed by atoms with Crippen molar-refractivity contribution in [3.8, 4) is 5.75 Å². The number of nitrogens with one attached hydrogen (secondary N) is 1. The fourth-order valence-corrected chi connectivity index (χ4v) is 1.97. The largest absolute Gasteiger partial charge is 0.492 e. The van der Waals surface area contributed by atoms with Gasteiger partial charge in [0.15, 0.2) is 5.96 Å². The van der Waals surface area contributed by atoms with E-state index in [0.29, 0.717) is 25.7 Å². The zero-order valence-electron chi connectivity index (χ0n) is 14.3. The van der Waals surface area contributed by atoms with E-state index in [9.17, 15) is 0 Å². The van der Waals surface area contributed by atoms with Gasteiger partial charge < -0.3 is 20.5 Å². The van der Waals surface area contributed by atoms with Gasteiger partial charge in [-0.15, -0.1) is 0 Å². The van der Waals surface area contributed by atoms with E-state index in [-0.39, 0.29) is 11.5 Å². The van der Waals surface area contributed by atoms with Crippen LogP contribution >= 0.6 is 0 Å². The molecule has 0 aromatic heterocycles. The molecule has 0 saturated heterocycles. The van der Waals surface area contributed by atoms with E-state index in [0.717, 1.165) is 5.75 Å². The maximum Gasteiger partial charge on any atom is 0.188 e. The van der Waals surface area contributed by atoms with E-state index in [1.54, 1.807) is 7.11 Å². The van der Waals surface area contributed by atoms with Gasteiger partial charge in [0.1, 0.15) is 12.4 Å². The molecule has 0 fully saturated rings. The van der Waals surface area contributed by atoms with Crippen LogP contribution in [0.5, 0.6) is 5.75 Å². The van der Waals surface area contributed by atoms with E-state index < -0.39 is 0 Å². The van der Waals surface area contributed by atoms with Gasteiger partial charge in [-0.1, -0.05) is 32.9 Å². The van der Waals surface area contributed by atoms with Crippen molar-refractivity contribution in [2.45, 2.75) is 39.2 Å². The van der Waals surface area contributed by atoms with E-state index in [4.69, 9.17) is 15.2 Å². The minimum Gasteiger partial charge on any atom is -0.492 e. The number of hydrogen-bond acceptors (Lipinski definition) is 3. The van der Waals surface area contributed by atoms with Crippen LogP contribution in [0.25, 0.3) is 0 Å². The number of guanidine groups is 1. The molecule has 0 radical (unpaired) electrons. The highest BCUT2D eigenvalue weighted by Gasteiger charge is 2.13. The number of rotatable bonds is 7. The van der Waals surface area contributed by atoms with Crippen LogP contribution in [0.15, 0.2) is 29.3 Å². The summed E-state index contributed by atoms with van der Waals surface area (Å²) in [5.41, 5.74) is 7.16. The lowest BCUT2D eigenvalue weighted by Crippen LogP contribution is -2.40. The lowest BCUT2D eigenvalue weighted by atomic mass is 9.87. The van der Waals surface area contributed by atoms with Crippen LogP contribution in [0.3, 0.4) is 0 Å². The third kappa shape index (κ3) is 6.80. The first-order valence-corrected chi connectivity index (χ1v) is 7.61. The molecule has 0 saturated carbocycles. The zero-order valence-corrected chi connectivity index (χ0v) is 14.3. The Labute approximate surface area is 133 Å². The average Bonchev–Trinajstić information content (AvgIpc) is 2.43. The van der Waals surface area contributed by atoms with Crippen molar-refractivity contribution < 1.29 is 9.47 Å². The summed E-state index contributed by atoms with van der Waals surface area (Å²) in [6.07, 6.45) is 0. The van der Waals surface area contributed by atoms with Crippen molar-refractivity contribution in [1.29, 1.82) is 0 Å². The van der Waals surface area contributed by atoms with Crippen molar-refractivity contribution in [3.05, 3.63) is 29.8 Å². The SMILES string of the molecule is COCC(C)NC(N)=NCCOc1cccc(C(C)(C)C)c1. The Kier molecular flexibility index (Phi) is 7.18. The lowest BCUT2D eigenvalue weighted by molar-refractivity contribution is 0.179. The van der Waals surface area contributed by atoms with Gasteiger partial charge in [0, 0.05) is 13.2 Å². The molecule has 1 rings (SSSR count). The Morgan fingerprint density at radius 3 is 2.73 bits per heavy atom. The van der Waals surface area contributed by atoms with Crippen LogP contribution in [-0.2, 0) is 10.2 Å². The summed E-state index contributed by atoms with van der Waals surface area (Å²) < 4.78 is 10.8. The fourth-order valence-electron chi connectivity index (χ4n) is 1.97. The second-order valence-electron chi connectivity index (χ2n) is 6.39. The molecule has 22 heavy (non-hydrogen) atoms. The van der Waals surface area contributed by atoms with E-state index in [1.165, 1.54) is 5.56 Å². The quantitative estimate of drug-likeness (QED) is 0.461. The summed E-state index contributed by atoms with van der Waals surface area (Å²) in [5.74, 6) is 1.28. The van der Waals surface area contributed by atoms with Crippen molar-refractivity contribution in [2.24, 2.45) is 10.7 Å². The number of ether oxygens (including phenoxy) is 2. The summed E-state index contributed by atoms with van der Waals surface area (Å²) in [7, 11) is 1.66. The first-order valence-electron chi connectivity index (χ1n) is 7.61. The molecule has 0 amide bonds. The predicted octanol–water partition coefficient (Wildman–Crippen LogP) is 2.30. The topological polar surface area (TPSA) is 68.9 Å². The van der Waals surface area contributed by atoms with Gasteiger partial charge in [0.2, 0.25) is 0 Å². The first-order chi connectivity index (χ1) is 10.3. The second-order valence-corrected chi connectivity index (χ2v) is 6.39.